The Balaban J connectivity index is 0.00000204. The minimum absolute atomic E-state index is 0.0805. The first-order chi connectivity index (χ1) is 22.2. The summed E-state index contributed by atoms with van der Waals surface area (Å²) in [5, 5.41) is 12.9. The van der Waals surface area contributed by atoms with Gasteiger partial charge in [-0.15, -0.1) is 0 Å². The fourth-order valence-corrected chi connectivity index (χ4v) is 6.30. The molecule has 0 radical (unpaired) electrons. The van der Waals surface area contributed by atoms with Gasteiger partial charge in [-0.05, 0) is 72.1 Å². The number of aromatic nitrogens is 1. The highest BCUT2D eigenvalue weighted by Gasteiger charge is 2.36. The fourth-order valence-electron chi connectivity index (χ4n) is 6.00. The number of nitrogens with zero attached hydrogens (tertiary/aromatic N) is 3. The zero-order valence-electron chi connectivity index (χ0n) is 26.3. The van der Waals surface area contributed by atoms with Crippen LogP contribution in [0.4, 0.5) is 4.79 Å². The van der Waals surface area contributed by atoms with E-state index in [4.69, 9.17) is 32.7 Å². The molecule has 2 amide bonds. The number of ether oxygens (including phenoxy) is 2. The van der Waals surface area contributed by atoms with Crippen molar-refractivity contribution in [2.24, 2.45) is 0 Å². The van der Waals surface area contributed by atoms with Crippen LogP contribution in [0.2, 0.25) is 10.0 Å². The maximum Gasteiger partial charge on any atom is 0.416 e. The van der Waals surface area contributed by atoms with Gasteiger partial charge in [0.15, 0.2) is 0 Å². The predicted molar refractivity (Wildman–Crippen MR) is 181 cm³/mol. The number of H-pyrrole nitrogens is 1. The molecular weight excluding hydrogens is 627 g/mol. The third kappa shape index (κ3) is 7.78. The number of hydrogen-bond acceptors (Lipinski definition) is 6. The Morgan fingerprint density at radius 2 is 1.57 bits per heavy atom. The van der Waals surface area contributed by atoms with Gasteiger partial charge < -0.3 is 24.5 Å². The molecule has 6 rings (SSSR count). The van der Waals surface area contributed by atoms with Crippen LogP contribution in [-0.4, -0.2) is 88.8 Å². The summed E-state index contributed by atoms with van der Waals surface area (Å²) in [6.45, 7) is 9.44. The van der Waals surface area contributed by atoms with E-state index in [9.17, 15) is 14.7 Å². The Bertz CT molecular complexity index is 1640. The lowest BCUT2D eigenvalue weighted by Crippen LogP contribution is -2.50. The molecule has 2 N–H and O–H groups in total. The number of nitrogens with one attached hydrogen (secondary N) is 1. The van der Waals surface area contributed by atoms with Gasteiger partial charge >= 0.3 is 6.09 Å². The van der Waals surface area contributed by atoms with Gasteiger partial charge in [0.2, 0.25) is 5.91 Å². The number of piperazine rings is 1. The molecule has 2 aliphatic rings. The molecule has 1 saturated heterocycles. The monoisotopic (exact) mass is 666 g/mol. The summed E-state index contributed by atoms with van der Waals surface area (Å²) in [5.74, 6) is 1.11. The number of aliphatic hydroxyl groups is 1. The Hall–Kier alpha value is -3.76. The maximum absolute atomic E-state index is 13.5. The van der Waals surface area contributed by atoms with Gasteiger partial charge in [-0.25, -0.2) is 4.79 Å². The van der Waals surface area contributed by atoms with Crippen molar-refractivity contribution in [3.8, 4) is 11.5 Å². The third-order valence-electron chi connectivity index (χ3n) is 8.27. The van der Waals surface area contributed by atoms with Gasteiger partial charge in [-0.2, -0.15) is 0 Å². The summed E-state index contributed by atoms with van der Waals surface area (Å²) in [6.07, 6.45) is -0.492. The third-order valence-corrected chi connectivity index (χ3v) is 8.75. The summed E-state index contributed by atoms with van der Waals surface area (Å²) in [4.78, 5) is 34.3. The Morgan fingerprint density at radius 3 is 2.24 bits per heavy atom. The summed E-state index contributed by atoms with van der Waals surface area (Å²) in [6, 6.07) is 19.6. The predicted octanol–water partition coefficient (Wildman–Crippen LogP) is 6.55. The quantitative estimate of drug-likeness (QED) is 0.232. The summed E-state index contributed by atoms with van der Waals surface area (Å²) < 4.78 is 11.7. The van der Waals surface area contributed by atoms with Crippen LogP contribution in [0.15, 0.2) is 66.7 Å². The van der Waals surface area contributed by atoms with Crippen molar-refractivity contribution in [1.82, 2.24) is 19.7 Å². The highest BCUT2D eigenvalue weighted by Crippen LogP contribution is 2.40. The number of carbonyl (C=O) groups is 2. The van der Waals surface area contributed by atoms with Crippen molar-refractivity contribution in [3.05, 3.63) is 93.6 Å². The van der Waals surface area contributed by atoms with Crippen molar-refractivity contribution in [3.63, 3.8) is 0 Å². The number of benzene rings is 3. The van der Waals surface area contributed by atoms with Gasteiger partial charge in [0.05, 0.1) is 0 Å². The molecule has 3 heterocycles. The molecule has 0 aliphatic carbocycles. The second kappa shape index (κ2) is 15.2. The maximum atomic E-state index is 13.5. The van der Waals surface area contributed by atoms with Crippen molar-refractivity contribution >= 4 is 46.1 Å². The van der Waals surface area contributed by atoms with Crippen molar-refractivity contribution in [2.75, 3.05) is 45.9 Å². The minimum atomic E-state index is -0.671. The van der Waals surface area contributed by atoms with E-state index in [1.54, 1.807) is 36.1 Å². The molecular formula is C35H40Cl2N4O5. The highest BCUT2D eigenvalue weighted by atomic mass is 35.5. The average molecular weight is 668 g/mol. The summed E-state index contributed by atoms with van der Waals surface area (Å²) >= 11 is 12.4. The molecule has 2 atom stereocenters. The number of halogens is 2. The molecule has 3 aromatic carbocycles. The van der Waals surface area contributed by atoms with E-state index in [-0.39, 0.29) is 12.5 Å². The number of carbonyl (C=O) groups excluding carboxylic acids is 2. The Morgan fingerprint density at radius 1 is 0.913 bits per heavy atom. The lowest BCUT2D eigenvalue weighted by Gasteiger charge is -2.35. The Kier molecular flexibility index (Phi) is 11.1. The molecule has 244 valence electrons. The van der Waals surface area contributed by atoms with Crippen molar-refractivity contribution < 1.29 is 24.2 Å². The van der Waals surface area contributed by atoms with E-state index in [1.165, 1.54) is 0 Å². The topological polar surface area (TPSA) is 98.3 Å². The van der Waals surface area contributed by atoms with Crippen LogP contribution in [0.1, 0.15) is 43.6 Å². The van der Waals surface area contributed by atoms with Gasteiger partial charge in [-0.3, -0.25) is 14.6 Å². The molecule has 2 unspecified atom stereocenters. The number of hydrogen-bond donors (Lipinski definition) is 2. The number of β-amino-alcohol motifs (C(OH)–C–C–N with tert-alkyl or cyclic N) is 1. The molecule has 1 fully saturated rings. The number of rotatable bonds is 7. The Labute approximate surface area is 279 Å². The summed E-state index contributed by atoms with van der Waals surface area (Å²) in [7, 11) is 0. The fraction of sp³-hybridized carbons (Fsp3) is 0.371. The van der Waals surface area contributed by atoms with Gasteiger partial charge in [-0.1, -0.05) is 49.2 Å². The lowest BCUT2D eigenvalue weighted by atomic mass is 9.92. The van der Waals surface area contributed by atoms with Crippen LogP contribution in [0.25, 0.3) is 10.9 Å². The second-order valence-electron chi connectivity index (χ2n) is 11.2. The average Bonchev–Trinajstić information content (AvgIpc) is 3.43. The zero-order valence-corrected chi connectivity index (χ0v) is 27.9. The van der Waals surface area contributed by atoms with Gasteiger partial charge in [0, 0.05) is 72.8 Å². The number of amides is 2. The largest absolute Gasteiger partial charge is 0.491 e. The smallest absolute Gasteiger partial charge is 0.416 e. The molecule has 1 aromatic heterocycles. The number of aromatic amines is 1. The van der Waals surface area contributed by atoms with E-state index in [0.29, 0.717) is 54.1 Å². The van der Waals surface area contributed by atoms with Crippen LogP contribution in [0.3, 0.4) is 0 Å². The molecule has 2 aliphatic heterocycles. The van der Waals surface area contributed by atoms with E-state index in [1.807, 2.05) is 61.2 Å². The van der Waals surface area contributed by atoms with Crippen LogP contribution >= 0.6 is 23.2 Å². The molecule has 11 heteroatoms. The van der Waals surface area contributed by atoms with Crippen LogP contribution in [0, 0.1) is 0 Å². The summed E-state index contributed by atoms with van der Waals surface area (Å²) in [5.41, 5.74) is 3.87. The van der Waals surface area contributed by atoms with Crippen molar-refractivity contribution in [1.29, 1.82) is 0 Å². The van der Waals surface area contributed by atoms with Crippen molar-refractivity contribution in [2.45, 2.75) is 39.3 Å². The highest BCUT2D eigenvalue weighted by molar-refractivity contribution is 6.31. The number of fused-ring (bicyclic) bond motifs is 3. The molecule has 0 bridgehead atoms. The second-order valence-corrected chi connectivity index (χ2v) is 12.1. The molecule has 4 aromatic rings. The minimum Gasteiger partial charge on any atom is -0.491 e. The first-order valence-corrected chi connectivity index (χ1v) is 16.4. The number of aliphatic hydroxyl groups excluding tert-OH is 1. The first-order valence-electron chi connectivity index (χ1n) is 15.7. The SMILES string of the molecule is CC.CC(=O)N1CCN(CC(O)COc2ccc(C3c4[nH]c5ccc(Cl)cc5c4CCN3C(=O)Oc3ccc(Cl)cc3)cc2)CC1. The van der Waals surface area contributed by atoms with Crippen LogP contribution in [0.5, 0.6) is 11.5 Å². The lowest BCUT2D eigenvalue weighted by molar-refractivity contribution is -0.130. The first kappa shape index (κ1) is 33.6. The van der Waals surface area contributed by atoms with Crippen LogP contribution < -0.4 is 9.47 Å². The molecule has 0 spiro atoms. The zero-order chi connectivity index (χ0) is 32.8. The van der Waals surface area contributed by atoms with Gasteiger partial charge in [0.1, 0.15) is 30.3 Å². The molecule has 9 nitrogen and oxygen atoms in total. The van der Waals surface area contributed by atoms with Gasteiger partial charge in [0.25, 0.3) is 0 Å². The molecule has 46 heavy (non-hydrogen) atoms. The van der Waals surface area contributed by atoms with E-state index < -0.39 is 18.2 Å². The van der Waals surface area contributed by atoms with Crippen LogP contribution in [-0.2, 0) is 11.2 Å². The molecule has 0 saturated carbocycles. The van der Waals surface area contributed by atoms with E-state index in [0.717, 1.165) is 40.8 Å². The van der Waals surface area contributed by atoms with E-state index in [2.05, 4.69) is 9.88 Å². The standard InChI is InChI=1S/C33H34Cl2N4O5.C2H6/c1-21(40)38-16-14-37(15-17-38)19-25(41)20-43-26-7-2-22(3-8-26)32-31-28(29-18-24(35)6-11-30(29)36-31)12-13-39(32)33(42)44-27-9-4-23(34)5-10-27;1-2/h2-11,18,25,32,36,41H,12-17,19-20H2,1H3;1-2H3. The normalized spacial score (nSPS) is 17.1. The van der Waals surface area contributed by atoms with E-state index >= 15 is 0 Å².